The number of carbonyl (C=O) groups is 1. The molecule has 0 unspecified atom stereocenters. The van der Waals surface area contributed by atoms with Crippen LogP contribution in [0.4, 0.5) is 5.82 Å². The molecule has 5 rings (SSSR count). The lowest BCUT2D eigenvalue weighted by molar-refractivity contribution is 0.0735. The molecule has 0 radical (unpaired) electrons. The number of aliphatic imine (C=N–C) groups is 1. The zero-order valence-electron chi connectivity index (χ0n) is 22.4. The number of aromatic nitrogens is 4. The summed E-state index contributed by atoms with van der Waals surface area (Å²) in [5.41, 5.74) is 8.34. The van der Waals surface area contributed by atoms with Crippen LogP contribution in [0.25, 0.3) is 11.6 Å². The van der Waals surface area contributed by atoms with Gasteiger partial charge in [0.05, 0.1) is 11.6 Å². The minimum absolute atomic E-state index is 0.0870. The van der Waals surface area contributed by atoms with Gasteiger partial charge in [0.15, 0.2) is 0 Å². The summed E-state index contributed by atoms with van der Waals surface area (Å²) < 4.78 is 6.03. The van der Waals surface area contributed by atoms with Gasteiger partial charge in [-0.1, -0.05) is 30.3 Å². The standard InChI is InChI=1S/C28H31N9O2S/c1-18-17-40-25(32-18)22-10-7-12-36(22)26(38)20-14-21(33-23(15-20)37(30)13-11-31-3)24-34-35-27(39-24)28(2,29)16-19-8-5-4-6-9-19/h4-6,8-9,11,13-15,17,22H,3,7,10,12,16,29-30H2,1-2H3/b13-11-/t22-,28-/m1/s1. The van der Waals surface area contributed by atoms with E-state index in [2.05, 4.69) is 31.9 Å². The summed E-state index contributed by atoms with van der Waals surface area (Å²) in [7, 11) is 0. The first-order valence-corrected chi connectivity index (χ1v) is 13.7. The third-order valence-electron chi connectivity index (χ3n) is 6.64. The molecule has 0 aliphatic carbocycles. The number of nitrogens with zero attached hydrogens (tertiary/aromatic N) is 7. The van der Waals surface area contributed by atoms with Gasteiger partial charge < -0.3 is 15.1 Å². The Morgan fingerprint density at radius 2 is 2.10 bits per heavy atom. The molecule has 206 valence electrons. The third-order valence-corrected chi connectivity index (χ3v) is 7.70. The predicted molar refractivity (Wildman–Crippen MR) is 154 cm³/mol. The van der Waals surface area contributed by atoms with Crippen LogP contribution in [0.3, 0.4) is 0 Å². The molecular formula is C28H31N9O2S. The predicted octanol–water partition coefficient (Wildman–Crippen LogP) is 4.14. The van der Waals surface area contributed by atoms with Gasteiger partial charge in [-0.25, -0.2) is 15.8 Å². The summed E-state index contributed by atoms with van der Waals surface area (Å²) in [5.74, 6) is 6.72. The Bertz CT molecular complexity index is 1530. The van der Waals surface area contributed by atoms with E-state index in [4.69, 9.17) is 16.0 Å². The Morgan fingerprint density at radius 3 is 2.83 bits per heavy atom. The fourth-order valence-corrected chi connectivity index (χ4v) is 5.63. The number of aryl methyl sites for hydroxylation is 1. The summed E-state index contributed by atoms with van der Waals surface area (Å²) >= 11 is 1.57. The first-order chi connectivity index (χ1) is 19.2. The monoisotopic (exact) mass is 557 g/mol. The van der Waals surface area contributed by atoms with Crippen molar-refractivity contribution in [2.75, 3.05) is 11.6 Å². The van der Waals surface area contributed by atoms with E-state index < -0.39 is 5.54 Å². The number of hydrogen-bond donors (Lipinski definition) is 2. The Morgan fingerprint density at radius 1 is 1.30 bits per heavy atom. The normalized spacial score (nSPS) is 16.8. The molecule has 1 aliphatic rings. The average Bonchev–Trinajstić information content (AvgIpc) is 3.72. The molecule has 0 spiro atoms. The minimum atomic E-state index is -0.921. The maximum Gasteiger partial charge on any atom is 0.266 e. The van der Waals surface area contributed by atoms with Gasteiger partial charge in [-0.2, -0.15) is 0 Å². The first kappa shape index (κ1) is 27.3. The highest BCUT2D eigenvalue weighted by Gasteiger charge is 2.34. The quantitative estimate of drug-likeness (QED) is 0.176. The maximum atomic E-state index is 13.9. The second kappa shape index (κ2) is 11.5. The second-order valence-electron chi connectivity index (χ2n) is 9.96. The molecule has 1 amide bonds. The Hall–Kier alpha value is -4.26. The van der Waals surface area contributed by atoms with Crippen LogP contribution in [0.1, 0.15) is 58.3 Å². The number of carbonyl (C=O) groups excluding carboxylic acids is 1. The molecule has 4 aromatic rings. The van der Waals surface area contributed by atoms with Crippen molar-refractivity contribution in [1.29, 1.82) is 0 Å². The van der Waals surface area contributed by atoms with Gasteiger partial charge in [-0.3, -0.25) is 14.8 Å². The van der Waals surface area contributed by atoms with Crippen molar-refractivity contribution in [1.82, 2.24) is 25.1 Å². The minimum Gasteiger partial charge on any atom is -0.417 e. The number of benzene rings is 1. The van der Waals surface area contributed by atoms with Crippen molar-refractivity contribution in [3.63, 3.8) is 0 Å². The third kappa shape index (κ3) is 5.83. The zero-order chi connectivity index (χ0) is 28.3. The van der Waals surface area contributed by atoms with E-state index in [9.17, 15) is 4.79 Å². The molecule has 3 aromatic heterocycles. The van der Waals surface area contributed by atoms with Gasteiger partial charge in [0, 0.05) is 35.6 Å². The zero-order valence-corrected chi connectivity index (χ0v) is 23.2. The van der Waals surface area contributed by atoms with E-state index in [-0.39, 0.29) is 23.7 Å². The number of nitrogens with two attached hydrogens (primary N) is 2. The van der Waals surface area contributed by atoms with E-state index >= 15 is 0 Å². The van der Waals surface area contributed by atoms with Crippen LogP contribution in [-0.4, -0.2) is 44.2 Å². The summed E-state index contributed by atoms with van der Waals surface area (Å²) in [6.45, 7) is 7.84. The van der Waals surface area contributed by atoms with E-state index in [1.54, 1.807) is 23.5 Å². The Labute approximate surface area is 236 Å². The molecule has 4 heterocycles. The first-order valence-electron chi connectivity index (χ1n) is 12.8. The number of likely N-dealkylation sites (tertiary alicyclic amines) is 1. The topological polar surface area (TPSA) is 153 Å². The number of thiazole rings is 1. The van der Waals surface area contributed by atoms with Crippen LogP contribution in [-0.2, 0) is 12.0 Å². The molecule has 0 saturated carbocycles. The van der Waals surface area contributed by atoms with Crippen molar-refractivity contribution < 1.29 is 9.21 Å². The number of pyridine rings is 1. The van der Waals surface area contributed by atoms with Crippen molar-refractivity contribution in [3.8, 4) is 11.6 Å². The summed E-state index contributed by atoms with van der Waals surface area (Å²) in [4.78, 5) is 28.6. The lowest BCUT2D eigenvalue weighted by Gasteiger charge is -2.24. The van der Waals surface area contributed by atoms with Crippen LogP contribution < -0.4 is 16.6 Å². The van der Waals surface area contributed by atoms with Crippen molar-refractivity contribution in [2.24, 2.45) is 16.6 Å². The van der Waals surface area contributed by atoms with Gasteiger partial charge in [-0.15, -0.1) is 21.5 Å². The molecule has 0 bridgehead atoms. The van der Waals surface area contributed by atoms with Crippen LogP contribution in [0.2, 0.25) is 0 Å². The average molecular weight is 558 g/mol. The Balaban J connectivity index is 1.49. The lowest BCUT2D eigenvalue weighted by atomic mass is 9.94. The molecule has 40 heavy (non-hydrogen) atoms. The van der Waals surface area contributed by atoms with Gasteiger partial charge in [-0.05, 0) is 57.5 Å². The van der Waals surface area contributed by atoms with E-state index in [0.717, 1.165) is 29.1 Å². The fraction of sp³-hybridized carbons (Fsp3) is 0.286. The highest BCUT2D eigenvalue weighted by molar-refractivity contribution is 7.09. The van der Waals surface area contributed by atoms with Gasteiger partial charge in [0.1, 0.15) is 16.5 Å². The number of hydrogen-bond acceptors (Lipinski definition) is 11. The summed E-state index contributed by atoms with van der Waals surface area (Å²) in [5, 5.41) is 12.6. The molecule has 1 fully saturated rings. The molecule has 11 nitrogen and oxygen atoms in total. The maximum absolute atomic E-state index is 13.9. The molecule has 1 aromatic carbocycles. The molecular weight excluding hydrogens is 526 g/mol. The molecule has 4 N–H and O–H groups in total. The Kier molecular flexibility index (Phi) is 7.83. The largest absolute Gasteiger partial charge is 0.417 e. The van der Waals surface area contributed by atoms with Crippen LogP contribution in [0.5, 0.6) is 0 Å². The fourth-order valence-electron chi connectivity index (χ4n) is 4.69. The smallest absolute Gasteiger partial charge is 0.266 e. The molecule has 12 heteroatoms. The van der Waals surface area contributed by atoms with E-state index in [1.807, 2.05) is 54.5 Å². The van der Waals surface area contributed by atoms with Crippen molar-refractivity contribution in [2.45, 2.75) is 44.7 Å². The van der Waals surface area contributed by atoms with Gasteiger partial charge in [0.25, 0.3) is 11.8 Å². The van der Waals surface area contributed by atoms with Gasteiger partial charge in [0.2, 0.25) is 5.89 Å². The highest BCUT2D eigenvalue weighted by atomic mass is 32.1. The SMILES string of the molecule is C=N/C=C\N(N)c1cc(C(=O)N2CCC[C@@H]2c2nc(C)cs2)cc(-c2nnc([C@](C)(N)Cc3ccccc3)o2)n1. The van der Waals surface area contributed by atoms with E-state index in [1.165, 1.54) is 17.4 Å². The van der Waals surface area contributed by atoms with Gasteiger partial charge >= 0.3 is 0 Å². The second-order valence-corrected chi connectivity index (χ2v) is 10.9. The summed E-state index contributed by atoms with van der Waals surface area (Å²) in [6, 6.07) is 13.0. The van der Waals surface area contributed by atoms with Crippen LogP contribution >= 0.6 is 11.3 Å². The van der Waals surface area contributed by atoms with Crippen molar-refractivity contribution in [3.05, 3.63) is 88.0 Å². The van der Waals surface area contributed by atoms with Crippen molar-refractivity contribution >= 4 is 29.8 Å². The summed E-state index contributed by atoms with van der Waals surface area (Å²) in [6.07, 6.45) is 5.14. The molecule has 2 atom stereocenters. The van der Waals surface area contributed by atoms with Crippen LogP contribution in [0, 0.1) is 6.92 Å². The number of hydrazine groups is 1. The number of rotatable bonds is 9. The highest BCUT2D eigenvalue weighted by Crippen LogP contribution is 2.35. The van der Waals surface area contributed by atoms with Crippen LogP contribution in [0.15, 0.2) is 69.7 Å². The molecule has 1 saturated heterocycles. The molecule has 1 aliphatic heterocycles. The lowest BCUT2D eigenvalue weighted by Crippen LogP contribution is -2.35. The van der Waals surface area contributed by atoms with E-state index in [0.29, 0.717) is 30.0 Å². The number of amides is 1. The number of anilines is 1.